The quantitative estimate of drug-likeness (QED) is 0.641. The van der Waals surface area contributed by atoms with Crippen molar-refractivity contribution in [1.82, 2.24) is 10.2 Å². The molecule has 1 amide bonds. The highest BCUT2D eigenvalue weighted by Gasteiger charge is 2.13. The zero-order valence-electron chi connectivity index (χ0n) is 9.58. The van der Waals surface area contributed by atoms with E-state index in [1.165, 1.54) is 0 Å². The van der Waals surface area contributed by atoms with Crippen LogP contribution in [-0.4, -0.2) is 48.7 Å². The fourth-order valence-electron chi connectivity index (χ4n) is 0.919. The Morgan fingerprint density at radius 1 is 1.50 bits per heavy atom. The second-order valence-electron chi connectivity index (χ2n) is 3.74. The van der Waals surface area contributed by atoms with Crippen molar-refractivity contribution in [3.05, 3.63) is 0 Å². The molecule has 0 spiro atoms. The molecule has 0 aromatic rings. The Morgan fingerprint density at radius 3 is 2.50 bits per heavy atom. The topological polar surface area (TPSA) is 52.6 Å². The number of hydrogen-bond donors (Lipinski definition) is 2. The van der Waals surface area contributed by atoms with Crippen molar-refractivity contribution < 1.29 is 9.90 Å². The Hall–Kier alpha value is -0.610. The van der Waals surface area contributed by atoms with Crippen molar-refractivity contribution in [3.63, 3.8) is 0 Å². The van der Waals surface area contributed by atoms with Gasteiger partial charge in [-0.2, -0.15) is 0 Å². The van der Waals surface area contributed by atoms with E-state index in [9.17, 15) is 4.79 Å². The first-order valence-corrected chi connectivity index (χ1v) is 5.11. The number of carbonyl (C=O) groups is 1. The van der Waals surface area contributed by atoms with Gasteiger partial charge in [0.25, 0.3) is 0 Å². The summed E-state index contributed by atoms with van der Waals surface area (Å²) in [4.78, 5) is 13.1. The molecule has 0 saturated carbocycles. The number of rotatable bonds is 6. The fraction of sp³-hybridized carbons (Fsp3) is 0.900. The van der Waals surface area contributed by atoms with Gasteiger partial charge in [-0.05, 0) is 19.8 Å². The highest BCUT2D eigenvalue weighted by molar-refractivity contribution is 5.77. The van der Waals surface area contributed by atoms with Crippen molar-refractivity contribution >= 4 is 5.91 Å². The highest BCUT2D eigenvalue weighted by Crippen LogP contribution is 1.99. The average Bonchev–Trinajstić information content (AvgIpc) is 2.22. The maximum Gasteiger partial charge on any atom is 0.236 e. The molecule has 2 unspecified atom stereocenters. The number of nitrogens with one attached hydrogen (secondary N) is 1. The van der Waals surface area contributed by atoms with Crippen molar-refractivity contribution in [1.29, 1.82) is 0 Å². The predicted octanol–water partition coefficient (Wildman–Crippen LogP) is 0.0712. The Kier molecular flexibility index (Phi) is 6.49. The van der Waals surface area contributed by atoms with Gasteiger partial charge in [-0.15, -0.1) is 0 Å². The van der Waals surface area contributed by atoms with Gasteiger partial charge in [0.1, 0.15) is 0 Å². The molecule has 0 heterocycles. The van der Waals surface area contributed by atoms with Crippen LogP contribution in [0, 0.1) is 5.92 Å². The van der Waals surface area contributed by atoms with E-state index in [-0.39, 0.29) is 24.5 Å². The number of aliphatic hydroxyl groups is 1. The summed E-state index contributed by atoms with van der Waals surface area (Å²) in [6.45, 7) is 7.08. The summed E-state index contributed by atoms with van der Waals surface area (Å²) in [7, 11) is 1.78. The van der Waals surface area contributed by atoms with Gasteiger partial charge in [-0.1, -0.05) is 6.92 Å². The molecule has 2 N–H and O–H groups in total. The highest BCUT2D eigenvalue weighted by atomic mass is 16.3. The zero-order chi connectivity index (χ0) is 11.1. The maximum atomic E-state index is 11.4. The van der Waals surface area contributed by atoms with Crippen LogP contribution in [0.4, 0.5) is 0 Å². The van der Waals surface area contributed by atoms with E-state index in [2.05, 4.69) is 5.32 Å². The van der Waals surface area contributed by atoms with E-state index in [1.54, 1.807) is 11.9 Å². The first kappa shape index (κ1) is 13.4. The monoisotopic (exact) mass is 202 g/mol. The summed E-state index contributed by atoms with van der Waals surface area (Å²) in [5.41, 5.74) is 0. The minimum Gasteiger partial charge on any atom is -0.396 e. The maximum absolute atomic E-state index is 11.4. The molecule has 84 valence electrons. The van der Waals surface area contributed by atoms with Gasteiger partial charge in [-0.25, -0.2) is 0 Å². The number of hydrogen-bond acceptors (Lipinski definition) is 3. The molecule has 0 radical (unpaired) electrons. The van der Waals surface area contributed by atoms with Crippen molar-refractivity contribution in [2.24, 2.45) is 5.92 Å². The molecule has 2 atom stereocenters. The van der Waals surface area contributed by atoms with Crippen LogP contribution in [0.15, 0.2) is 0 Å². The van der Waals surface area contributed by atoms with Crippen molar-refractivity contribution in [2.75, 3.05) is 26.7 Å². The largest absolute Gasteiger partial charge is 0.396 e. The first-order valence-electron chi connectivity index (χ1n) is 5.11. The third kappa shape index (κ3) is 4.58. The van der Waals surface area contributed by atoms with Gasteiger partial charge in [0.15, 0.2) is 0 Å². The molecule has 0 aliphatic heterocycles. The van der Waals surface area contributed by atoms with E-state index < -0.39 is 0 Å². The molecule has 0 bridgehead atoms. The van der Waals surface area contributed by atoms with Crippen LogP contribution < -0.4 is 5.32 Å². The van der Waals surface area contributed by atoms with Crippen molar-refractivity contribution in [2.45, 2.75) is 26.8 Å². The molecule has 0 saturated heterocycles. The predicted molar refractivity (Wildman–Crippen MR) is 57.0 cm³/mol. The van der Waals surface area contributed by atoms with E-state index >= 15 is 0 Å². The molecule has 0 aliphatic carbocycles. The summed E-state index contributed by atoms with van der Waals surface area (Å²) in [5.74, 6) is 0.263. The van der Waals surface area contributed by atoms with Gasteiger partial charge in [0, 0.05) is 26.2 Å². The molecule has 0 aromatic heterocycles. The van der Waals surface area contributed by atoms with Crippen LogP contribution in [0.25, 0.3) is 0 Å². The van der Waals surface area contributed by atoms with E-state index in [0.717, 1.165) is 6.54 Å². The Bertz CT molecular complexity index is 174. The third-order valence-electron chi connectivity index (χ3n) is 2.62. The van der Waals surface area contributed by atoms with Crippen LogP contribution in [-0.2, 0) is 4.79 Å². The van der Waals surface area contributed by atoms with E-state index in [0.29, 0.717) is 6.54 Å². The number of amides is 1. The van der Waals surface area contributed by atoms with Gasteiger partial charge < -0.3 is 15.3 Å². The van der Waals surface area contributed by atoms with E-state index in [4.69, 9.17) is 5.11 Å². The van der Waals surface area contributed by atoms with Gasteiger partial charge in [-0.3, -0.25) is 4.79 Å². The molecule has 0 fully saturated rings. The van der Waals surface area contributed by atoms with Crippen LogP contribution in [0.2, 0.25) is 0 Å². The Labute approximate surface area is 86.3 Å². The molecular formula is C10H22N2O2. The number of likely N-dealkylation sites (N-methyl/N-ethyl adjacent to an activating group) is 1. The minimum absolute atomic E-state index is 0.0875. The normalized spacial score (nSPS) is 14.9. The van der Waals surface area contributed by atoms with Gasteiger partial charge >= 0.3 is 0 Å². The first-order chi connectivity index (χ1) is 6.52. The lowest BCUT2D eigenvalue weighted by atomic mass is 10.1. The zero-order valence-corrected chi connectivity index (χ0v) is 9.58. The second kappa shape index (κ2) is 6.79. The summed E-state index contributed by atoms with van der Waals surface area (Å²) in [5, 5.41) is 12.0. The summed E-state index contributed by atoms with van der Waals surface area (Å²) < 4.78 is 0. The number of nitrogens with zero attached hydrogens (tertiary/aromatic N) is 1. The molecule has 0 rings (SSSR count). The summed E-state index contributed by atoms with van der Waals surface area (Å²) in [6, 6.07) is 0.161. The smallest absolute Gasteiger partial charge is 0.236 e. The van der Waals surface area contributed by atoms with Crippen LogP contribution in [0.5, 0.6) is 0 Å². The Morgan fingerprint density at radius 2 is 2.07 bits per heavy atom. The van der Waals surface area contributed by atoms with Crippen LogP contribution in [0.3, 0.4) is 0 Å². The molecule has 0 aromatic carbocycles. The lowest BCUT2D eigenvalue weighted by molar-refractivity contribution is -0.128. The lowest BCUT2D eigenvalue weighted by Crippen LogP contribution is -2.41. The SMILES string of the molecule is CCN(C)C(=O)CNC(C)C(C)CO. The minimum atomic E-state index is 0.0875. The van der Waals surface area contributed by atoms with Crippen LogP contribution >= 0.6 is 0 Å². The lowest BCUT2D eigenvalue weighted by Gasteiger charge is -2.21. The molecule has 4 nitrogen and oxygen atoms in total. The molecule has 14 heavy (non-hydrogen) atoms. The van der Waals surface area contributed by atoms with Crippen LogP contribution in [0.1, 0.15) is 20.8 Å². The van der Waals surface area contributed by atoms with E-state index in [1.807, 2.05) is 20.8 Å². The van der Waals surface area contributed by atoms with Gasteiger partial charge in [0.05, 0.1) is 6.54 Å². The number of aliphatic hydroxyl groups excluding tert-OH is 1. The summed E-state index contributed by atoms with van der Waals surface area (Å²) in [6.07, 6.45) is 0. The number of carbonyl (C=O) groups excluding carboxylic acids is 1. The molecule has 4 heteroatoms. The second-order valence-corrected chi connectivity index (χ2v) is 3.74. The van der Waals surface area contributed by atoms with Crippen molar-refractivity contribution in [3.8, 4) is 0 Å². The standard InChI is InChI=1S/C10H22N2O2/c1-5-12(4)10(14)6-11-9(3)8(2)7-13/h8-9,11,13H,5-7H2,1-4H3. The van der Waals surface area contributed by atoms with Gasteiger partial charge in [0.2, 0.25) is 5.91 Å². The Balaban J connectivity index is 3.77. The average molecular weight is 202 g/mol. The third-order valence-corrected chi connectivity index (χ3v) is 2.62. The molecular weight excluding hydrogens is 180 g/mol. The summed E-state index contributed by atoms with van der Waals surface area (Å²) >= 11 is 0. The molecule has 0 aliphatic rings. The fourth-order valence-corrected chi connectivity index (χ4v) is 0.919.